The van der Waals surface area contributed by atoms with Crippen molar-refractivity contribution in [3.8, 4) is 11.3 Å². The van der Waals surface area contributed by atoms with Crippen molar-refractivity contribution in [1.29, 1.82) is 0 Å². The second-order valence-electron chi connectivity index (χ2n) is 4.57. The quantitative estimate of drug-likeness (QED) is 0.900. The van der Waals surface area contributed by atoms with Crippen LogP contribution in [0.25, 0.3) is 11.3 Å². The molecule has 2 rings (SSSR count). The molecule has 1 aromatic heterocycles. The van der Waals surface area contributed by atoms with Gasteiger partial charge in [-0.3, -0.25) is 4.90 Å². The van der Waals surface area contributed by atoms with Crippen LogP contribution in [0.1, 0.15) is 12.8 Å². The lowest BCUT2D eigenvalue weighted by molar-refractivity contribution is 0.145. The lowest BCUT2D eigenvalue weighted by atomic mass is 10.2. The van der Waals surface area contributed by atoms with Crippen molar-refractivity contribution in [2.75, 3.05) is 13.7 Å². The summed E-state index contributed by atoms with van der Waals surface area (Å²) in [7, 11) is 1.89. The Morgan fingerprint density at radius 1 is 1.37 bits per heavy atom. The topological polar surface area (TPSA) is 49.5 Å². The molecular weight excluding hydrogens is 247 g/mol. The Morgan fingerprint density at radius 2 is 2.05 bits per heavy atom. The number of aliphatic hydroxyl groups is 1. The van der Waals surface area contributed by atoms with Crippen LogP contribution in [0.5, 0.6) is 0 Å². The highest BCUT2D eigenvalue weighted by Gasteiger charge is 2.12. The number of aromatic nitrogens is 1. The molecule has 0 fully saturated rings. The number of benzene rings is 1. The van der Waals surface area contributed by atoms with Gasteiger partial charge in [0, 0.05) is 11.6 Å². The molecule has 1 unspecified atom stereocenters. The van der Waals surface area contributed by atoms with E-state index < -0.39 is 0 Å². The Hall–Kier alpha value is -1.72. The average molecular weight is 264 g/mol. The lowest BCUT2D eigenvalue weighted by Crippen LogP contribution is -2.31. The van der Waals surface area contributed by atoms with Crippen LogP contribution in [0.4, 0.5) is 4.39 Å². The third-order valence-electron chi connectivity index (χ3n) is 3.08. The van der Waals surface area contributed by atoms with Crippen LogP contribution in [0.3, 0.4) is 0 Å². The van der Waals surface area contributed by atoms with E-state index >= 15 is 0 Å². The van der Waals surface area contributed by atoms with Gasteiger partial charge < -0.3 is 9.52 Å². The molecule has 0 radical (unpaired) electrons. The molecule has 1 N–H and O–H groups in total. The molecule has 0 aliphatic carbocycles. The zero-order chi connectivity index (χ0) is 13.8. The Labute approximate surface area is 111 Å². The third-order valence-corrected chi connectivity index (χ3v) is 3.08. The van der Waals surface area contributed by atoms with Crippen molar-refractivity contribution in [1.82, 2.24) is 9.88 Å². The van der Waals surface area contributed by atoms with E-state index in [0.29, 0.717) is 18.2 Å². The summed E-state index contributed by atoms with van der Waals surface area (Å²) in [6.07, 6.45) is 1.63. The maximum atomic E-state index is 12.8. The van der Waals surface area contributed by atoms with Crippen molar-refractivity contribution < 1.29 is 13.9 Å². The summed E-state index contributed by atoms with van der Waals surface area (Å²) in [5.74, 6) is 0.905. The fourth-order valence-electron chi connectivity index (χ4n) is 1.64. The predicted molar refractivity (Wildman–Crippen MR) is 69.9 cm³/mol. The summed E-state index contributed by atoms with van der Waals surface area (Å²) in [5.41, 5.74) is 0.790. The average Bonchev–Trinajstić information content (AvgIpc) is 2.87. The molecule has 102 valence electrons. The van der Waals surface area contributed by atoms with Gasteiger partial charge in [-0.2, -0.15) is 0 Å². The molecule has 0 amide bonds. The van der Waals surface area contributed by atoms with Gasteiger partial charge in [-0.25, -0.2) is 9.37 Å². The lowest BCUT2D eigenvalue weighted by Gasteiger charge is -2.20. The van der Waals surface area contributed by atoms with Crippen LogP contribution >= 0.6 is 0 Å². The summed E-state index contributed by atoms with van der Waals surface area (Å²) in [6, 6.07) is 6.12. The summed E-state index contributed by atoms with van der Waals surface area (Å²) in [6.45, 7) is 2.52. The van der Waals surface area contributed by atoms with Gasteiger partial charge in [0.2, 0.25) is 5.89 Å². The van der Waals surface area contributed by atoms with E-state index in [-0.39, 0.29) is 18.5 Å². The van der Waals surface area contributed by atoms with Gasteiger partial charge in [0.15, 0.2) is 5.76 Å². The Kier molecular flexibility index (Phi) is 4.29. The van der Waals surface area contributed by atoms with Crippen molar-refractivity contribution in [3.05, 3.63) is 42.2 Å². The van der Waals surface area contributed by atoms with Crippen LogP contribution in [-0.2, 0) is 6.54 Å². The van der Waals surface area contributed by atoms with Crippen LogP contribution in [0.2, 0.25) is 0 Å². The summed E-state index contributed by atoms with van der Waals surface area (Å²) < 4.78 is 18.4. The molecule has 1 heterocycles. The van der Waals surface area contributed by atoms with Crippen LogP contribution in [0, 0.1) is 5.82 Å². The number of halogens is 1. The summed E-state index contributed by atoms with van der Waals surface area (Å²) in [5, 5.41) is 9.06. The first-order chi connectivity index (χ1) is 9.10. The zero-order valence-electron chi connectivity index (χ0n) is 11.0. The molecule has 0 bridgehead atoms. The molecule has 0 aliphatic heterocycles. The Bertz CT molecular complexity index is 524. The smallest absolute Gasteiger partial charge is 0.209 e. The van der Waals surface area contributed by atoms with E-state index in [0.717, 1.165) is 5.56 Å². The highest BCUT2D eigenvalue weighted by atomic mass is 19.1. The molecule has 19 heavy (non-hydrogen) atoms. The first-order valence-corrected chi connectivity index (χ1v) is 6.12. The number of oxazole rings is 1. The maximum Gasteiger partial charge on any atom is 0.209 e. The van der Waals surface area contributed by atoms with Crippen molar-refractivity contribution in [3.63, 3.8) is 0 Å². The van der Waals surface area contributed by atoms with Gasteiger partial charge in [-0.1, -0.05) is 0 Å². The van der Waals surface area contributed by atoms with Crippen LogP contribution in [0.15, 0.2) is 34.9 Å². The Balaban J connectivity index is 2.09. The highest BCUT2D eigenvalue weighted by Crippen LogP contribution is 2.21. The van der Waals surface area contributed by atoms with Crippen LogP contribution < -0.4 is 0 Å². The van der Waals surface area contributed by atoms with Gasteiger partial charge in [0.05, 0.1) is 19.3 Å². The molecule has 5 heteroatoms. The van der Waals surface area contributed by atoms with Gasteiger partial charge in [-0.15, -0.1) is 0 Å². The number of likely N-dealkylation sites (N-methyl/N-ethyl adjacent to an activating group) is 1. The molecule has 0 aliphatic rings. The minimum Gasteiger partial charge on any atom is -0.439 e. The number of hydrogen-bond donors (Lipinski definition) is 1. The molecule has 0 saturated carbocycles. The van der Waals surface area contributed by atoms with Crippen molar-refractivity contribution in [2.24, 2.45) is 0 Å². The second kappa shape index (κ2) is 5.95. The standard InChI is InChI=1S/C14H17FN2O2/c1-10(9-18)17(2)8-14-16-7-13(19-14)11-3-5-12(15)6-4-11/h3-7,10,18H,8-9H2,1-2H3. The monoisotopic (exact) mass is 264 g/mol. The minimum absolute atomic E-state index is 0.0428. The summed E-state index contributed by atoms with van der Waals surface area (Å²) in [4.78, 5) is 6.13. The maximum absolute atomic E-state index is 12.8. The second-order valence-corrected chi connectivity index (χ2v) is 4.57. The number of nitrogens with zero attached hydrogens (tertiary/aromatic N) is 2. The van der Waals surface area contributed by atoms with Crippen molar-refractivity contribution in [2.45, 2.75) is 19.5 Å². The highest BCUT2D eigenvalue weighted by molar-refractivity contribution is 5.55. The van der Waals surface area contributed by atoms with E-state index in [1.807, 2.05) is 18.9 Å². The van der Waals surface area contributed by atoms with E-state index in [1.54, 1.807) is 18.3 Å². The van der Waals surface area contributed by atoms with Gasteiger partial charge in [0.1, 0.15) is 5.82 Å². The fourth-order valence-corrected chi connectivity index (χ4v) is 1.64. The van der Waals surface area contributed by atoms with E-state index in [4.69, 9.17) is 9.52 Å². The molecule has 1 atom stereocenters. The molecule has 0 spiro atoms. The summed E-state index contributed by atoms with van der Waals surface area (Å²) >= 11 is 0. The zero-order valence-corrected chi connectivity index (χ0v) is 11.0. The van der Waals surface area contributed by atoms with E-state index in [1.165, 1.54) is 12.1 Å². The molecule has 1 aromatic carbocycles. The van der Waals surface area contributed by atoms with Gasteiger partial charge in [0.25, 0.3) is 0 Å². The molecular formula is C14H17FN2O2. The Morgan fingerprint density at radius 3 is 2.68 bits per heavy atom. The SMILES string of the molecule is CC(CO)N(C)Cc1ncc(-c2ccc(F)cc2)o1. The van der Waals surface area contributed by atoms with Gasteiger partial charge >= 0.3 is 0 Å². The first kappa shape index (κ1) is 13.7. The number of hydrogen-bond acceptors (Lipinski definition) is 4. The van der Waals surface area contributed by atoms with Crippen molar-refractivity contribution >= 4 is 0 Å². The number of aliphatic hydroxyl groups excluding tert-OH is 1. The molecule has 2 aromatic rings. The van der Waals surface area contributed by atoms with E-state index in [2.05, 4.69) is 4.98 Å². The number of rotatable bonds is 5. The molecule has 4 nitrogen and oxygen atoms in total. The minimum atomic E-state index is -0.278. The predicted octanol–water partition coefficient (Wildman–Crippen LogP) is 2.29. The van der Waals surface area contributed by atoms with Gasteiger partial charge in [-0.05, 0) is 38.2 Å². The third kappa shape index (κ3) is 3.39. The largest absolute Gasteiger partial charge is 0.439 e. The molecule has 0 saturated heterocycles. The fraction of sp³-hybridized carbons (Fsp3) is 0.357. The first-order valence-electron chi connectivity index (χ1n) is 6.12. The normalized spacial score (nSPS) is 12.9. The van der Waals surface area contributed by atoms with Crippen LogP contribution in [-0.4, -0.2) is 34.7 Å². The van der Waals surface area contributed by atoms with E-state index in [9.17, 15) is 4.39 Å².